The molecule has 1 unspecified atom stereocenters. The standard InChI is InChI=1S/C12H13BrF3NO2/c1-2-8(18)6-17-11(19)7-3-4-10(13)9(5-7)12(14,15)16/h3-5,8,18H,2,6H2,1H3,(H,17,19). The summed E-state index contributed by atoms with van der Waals surface area (Å²) >= 11 is 2.80. The second-order valence-corrected chi connectivity index (χ2v) is 4.82. The first-order valence-electron chi connectivity index (χ1n) is 5.58. The molecule has 1 atom stereocenters. The molecule has 1 aromatic rings. The topological polar surface area (TPSA) is 49.3 Å². The molecule has 0 aliphatic carbocycles. The number of nitrogens with one attached hydrogen (secondary N) is 1. The van der Waals surface area contributed by atoms with E-state index in [0.29, 0.717) is 6.42 Å². The largest absolute Gasteiger partial charge is 0.417 e. The van der Waals surface area contributed by atoms with Crippen molar-refractivity contribution < 1.29 is 23.1 Å². The number of alkyl halides is 3. The molecule has 0 spiro atoms. The van der Waals surface area contributed by atoms with Crippen LogP contribution in [-0.2, 0) is 6.18 Å². The Hall–Kier alpha value is -1.08. The number of hydrogen-bond donors (Lipinski definition) is 2. The van der Waals surface area contributed by atoms with E-state index < -0.39 is 23.8 Å². The van der Waals surface area contributed by atoms with Crippen LogP contribution in [-0.4, -0.2) is 23.7 Å². The van der Waals surface area contributed by atoms with E-state index in [4.69, 9.17) is 0 Å². The summed E-state index contributed by atoms with van der Waals surface area (Å²) in [5.74, 6) is -0.648. The molecule has 0 aromatic heterocycles. The second kappa shape index (κ2) is 6.38. The summed E-state index contributed by atoms with van der Waals surface area (Å²) in [4.78, 5) is 11.7. The van der Waals surface area contributed by atoms with Gasteiger partial charge in [0.1, 0.15) is 0 Å². The monoisotopic (exact) mass is 339 g/mol. The summed E-state index contributed by atoms with van der Waals surface area (Å²) in [6.45, 7) is 1.74. The highest BCUT2D eigenvalue weighted by molar-refractivity contribution is 9.10. The highest BCUT2D eigenvalue weighted by Crippen LogP contribution is 2.35. The summed E-state index contributed by atoms with van der Waals surface area (Å²) in [5.41, 5.74) is -1.00. The predicted molar refractivity (Wildman–Crippen MR) is 67.8 cm³/mol. The zero-order chi connectivity index (χ0) is 14.6. The molecule has 0 radical (unpaired) electrons. The number of carbonyl (C=O) groups excluding carboxylic acids is 1. The molecule has 0 saturated carbocycles. The number of amides is 1. The van der Waals surface area contributed by atoms with Gasteiger partial charge in [-0.25, -0.2) is 0 Å². The van der Waals surface area contributed by atoms with Gasteiger partial charge in [-0.3, -0.25) is 4.79 Å². The Labute approximate surface area is 116 Å². The summed E-state index contributed by atoms with van der Waals surface area (Å²) in [6.07, 6.45) is -4.78. The van der Waals surface area contributed by atoms with Crippen molar-refractivity contribution in [3.05, 3.63) is 33.8 Å². The molecule has 0 saturated heterocycles. The van der Waals surface area contributed by atoms with E-state index in [2.05, 4.69) is 21.2 Å². The van der Waals surface area contributed by atoms with Gasteiger partial charge in [0.25, 0.3) is 5.91 Å². The average molecular weight is 340 g/mol. The fraction of sp³-hybridized carbons (Fsp3) is 0.417. The van der Waals surface area contributed by atoms with Crippen LogP contribution in [0, 0.1) is 0 Å². The lowest BCUT2D eigenvalue weighted by atomic mass is 10.1. The molecule has 0 aliphatic rings. The van der Waals surface area contributed by atoms with Gasteiger partial charge in [0.05, 0.1) is 11.7 Å². The Kier molecular flexibility index (Phi) is 5.37. The minimum Gasteiger partial charge on any atom is -0.391 e. The second-order valence-electron chi connectivity index (χ2n) is 3.96. The van der Waals surface area contributed by atoms with Gasteiger partial charge < -0.3 is 10.4 Å². The SMILES string of the molecule is CCC(O)CNC(=O)c1ccc(Br)c(C(F)(F)F)c1. The molecule has 0 fully saturated rings. The van der Waals surface area contributed by atoms with Gasteiger partial charge in [0, 0.05) is 16.6 Å². The Morgan fingerprint density at radius 3 is 2.63 bits per heavy atom. The lowest BCUT2D eigenvalue weighted by Gasteiger charge is -2.12. The number of hydrogen-bond acceptors (Lipinski definition) is 2. The van der Waals surface area contributed by atoms with Gasteiger partial charge in [-0.1, -0.05) is 22.9 Å². The minimum absolute atomic E-state index is 0.00669. The number of rotatable bonds is 4. The van der Waals surface area contributed by atoms with E-state index in [1.165, 1.54) is 12.1 Å². The molecular formula is C12H13BrF3NO2. The highest BCUT2D eigenvalue weighted by atomic mass is 79.9. The third-order valence-electron chi connectivity index (χ3n) is 2.50. The molecule has 1 rings (SSSR count). The summed E-state index contributed by atoms with van der Waals surface area (Å²) < 4.78 is 37.9. The third-order valence-corrected chi connectivity index (χ3v) is 3.19. The van der Waals surface area contributed by atoms with Gasteiger partial charge in [-0.15, -0.1) is 0 Å². The molecule has 7 heteroatoms. The van der Waals surface area contributed by atoms with Crippen molar-refractivity contribution in [2.45, 2.75) is 25.6 Å². The molecule has 0 heterocycles. The van der Waals surface area contributed by atoms with Crippen LogP contribution in [0.25, 0.3) is 0 Å². The third kappa shape index (κ3) is 4.50. The van der Waals surface area contributed by atoms with Crippen LogP contribution in [0.5, 0.6) is 0 Å². The van der Waals surface area contributed by atoms with Crippen molar-refractivity contribution in [1.29, 1.82) is 0 Å². The number of halogens is 4. The maximum atomic E-state index is 12.7. The van der Waals surface area contributed by atoms with Crippen LogP contribution < -0.4 is 5.32 Å². The lowest BCUT2D eigenvalue weighted by molar-refractivity contribution is -0.138. The van der Waals surface area contributed by atoms with E-state index in [-0.39, 0.29) is 16.6 Å². The van der Waals surface area contributed by atoms with Crippen molar-refractivity contribution in [2.24, 2.45) is 0 Å². The Bertz CT molecular complexity index is 463. The minimum atomic E-state index is -4.53. The summed E-state index contributed by atoms with van der Waals surface area (Å²) in [6, 6.07) is 3.23. The first-order chi connectivity index (χ1) is 8.75. The zero-order valence-electron chi connectivity index (χ0n) is 10.1. The average Bonchev–Trinajstić information content (AvgIpc) is 2.34. The molecule has 0 bridgehead atoms. The van der Waals surface area contributed by atoms with Crippen LogP contribution in [0.4, 0.5) is 13.2 Å². The molecule has 1 amide bonds. The summed E-state index contributed by atoms with van der Waals surface area (Å²) in [5, 5.41) is 11.7. The fourth-order valence-corrected chi connectivity index (χ4v) is 1.81. The number of carbonyl (C=O) groups is 1. The van der Waals surface area contributed by atoms with Crippen LogP contribution in [0.2, 0.25) is 0 Å². The quantitative estimate of drug-likeness (QED) is 0.885. The van der Waals surface area contributed by atoms with Crippen molar-refractivity contribution in [2.75, 3.05) is 6.54 Å². The van der Waals surface area contributed by atoms with Crippen LogP contribution in [0.3, 0.4) is 0 Å². The Morgan fingerprint density at radius 1 is 1.47 bits per heavy atom. The number of aliphatic hydroxyl groups excluding tert-OH is 1. The smallest absolute Gasteiger partial charge is 0.391 e. The van der Waals surface area contributed by atoms with Crippen molar-refractivity contribution in [3.63, 3.8) is 0 Å². The van der Waals surface area contributed by atoms with Crippen molar-refractivity contribution in [3.8, 4) is 0 Å². The summed E-state index contributed by atoms with van der Waals surface area (Å²) in [7, 11) is 0. The van der Waals surface area contributed by atoms with E-state index in [1.807, 2.05) is 0 Å². The molecule has 3 nitrogen and oxygen atoms in total. The van der Waals surface area contributed by atoms with Crippen LogP contribution in [0.15, 0.2) is 22.7 Å². The maximum absolute atomic E-state index is 12.7. The molecular weight excluding hydrogens is 327 g/mol. The first-order valence-corrected chi connectivity index (χ1v) is 6.38. The molecule has 0 aliphatic heterocycles. The first kappa shape index (κ1) is 16.0. The maximum Gasteiger partial charge on any atom is 0.417 e. The van der Waals surface area contributed by atoms with E-state index in [9.17, 15) is 23.1 Å². The number of benzene rings is 1. The van der Waals surface area contributed by atoms with E-state index in [1.54, 1.807) is 6.92 Å². The molecule has 19 heavy (non-hydrogen) atoms. The van der Waals surface area contributed by atoms with Crippen molar-refractivity contribution >= 4 is 21.8 Å². The van der Waals surface area contributed by atoms with Crippen LogP contribution >= 0.6 is 15.9 Å². The van der Waals surface area contributed by atoms with Gasteiger partial charge in [-0.2, -0.15) is 13.2 Å². The number of aliphatic hydroxyl groups is 1. The zero-order valence-corrected chi connectivity index (χ0v) is 11.7. The lowest BCUT2D eigenvalue weighted by Crippen LogP contribution is -2.31. The van der Waals surface area contributed by atoms with Gasteiger partial charge >= 0.3 is 6.18 Å². The van der Waals surface area contributed by atoms with E-state index >= 15 is 0 Å². The van der Waals surface area contributed by atoms with E-state index in [0.717, 1.165) is 6.07 Å². The van der Waals surface area contributed by atoms with Gasteiger partial charge in [0.2, 0.25) is 0 Å². The van der Waals surface area contributed by atoms with Crippen LogP contribution in [0.1, 0.15) is 29.3 Å². The fourth-order valence-electron chi connectivity index (χ4n) is 1.34. The molecule has 106 valence electrons. The normalized spacial score (nSPS) is 13.2. The Morgan fingerprint density at radius 2 is 2.11 bits per heavy atom. The predicted octanol–water partition coefficient (Wildman–Crippen LogP) is 2.97. The van der Waals surface area contributed by atoms with Gasteiger partial charge in [-0.05, 0) is 24.6 Å². The molecule has 1 aromatic carbocycles. The Balaban J connectivity index is 2.87. The molecule has 2 N–H and O–H groups in total. The highest BCUT2D eigenvalue weighted by Gasteiger charge is 2.33. The van der Waals surface area contributed by atoms with Gasteiger partial charge in [0.15, 0.2) is 0 Å². The van der Waals surface area contributed by atoms with Crippen molar-refractivity contribution in [1.82, 2.24) is 5.32 Å².